The van der Waals surface area contributed by atoms with Crippen molar-refractivity contribution in [3.8, 4) is 0 Å². The molecule has 3 unspecified atom stereocenters. The van der Waals surface area contributed by atoms with Gasteiger partial charge in [-0.1, -0.05) is 55.0 Å². The maximum Gasteiger partial charge on any atom is 0.408 e. The number of carbonyl (C=O) groups is 2. The fraction of sp³-hybridized carbons (Fsp3) is 0.417. The summed E-state index contributed by atoms with van der Waals surface area (Å²) in [5, 5.41) is 2.67. The Kier molecular flexibility index (Phi) is 6.79. The summed E-state index contributed by atoms with van der Waals surface area (Å²) in [6.45, 7) is 0.647. The van der Waals surface area contributed by atoms with Gasteiger partial charge in [-0.3, -0.25) is 4.79 Å². The molecule has 7 nitrogen and oxygen atoms in total. The molecule has 170 valence electrons. The van der Waals surface area contributed by atoms with Crippen molar-refractivity contribution in [2.75, 3.05) is 12.3 Å². The molecule has 1 saturated carbocycles. The second kappa shape index (κ2) is 9.73. The molecule has 0 bridgehead atoms. The lowest BCUT2D eigenvalue weighted by Gasteiger charge is -2.29. The van der Waals surface area contributed by atoms with Crippen LogP contribution in [-0.4, -0.2) is 49.7 Å². The average Bonchev–Trinajstić information content (AvgIpc) is 3.39. The highest BCUT2D eigenvalue weighted by Crippen LogP contribution is 2.34. The van der Waals surface area contributed by atoms with Crippen LogP contribution in [0.4, 0.5) is 4.79 Å². The first kappa shape index (κ1) is 22.3. The first-order valence-electron chi connectivity index (χ1n) is 11.0. The predicted octanol–water partition coefficient (Wildman–Crippen LogP) is 3.16. The van der Waals surface area contributed by atoms with E-state index in [0.29, 0.717) is 17.9 Å². The van der Waals surface area contributed by atoms with Gasteiger partial charge in [-0.15, -0.1) is 0 Å². The highest BCUT2D eigenvalue weighted by Gasteiger charge is 2.43. The summed E-state index contributed by atoms with van der Waals surface area (Å²) in [5.41, 5.74) is 0.871. The number of nitrogens with one attached hydrogen (secondary N) is 1. The Labute approximate surface area is 188 Å². The third-order valence-corrected chi connectivity index (χ3v) is 8.16. The highest BCUT2D eigenvalue weighted by atomic mass is 32.2. The molecule has 2 amide bonds. The molecule has 0 aromatic heterocycles. The van der Waals surface area contributed by atoms with E-state index in [2.05, 4.69) is 5.32 Å². The van der Waals surface area contributed by atoms with E-state index in [9.17, 15) is 18.0 Å². The first-order valence-corrected chi connectivity index (χ1v) is 12.6. The zero-order chi connectivity index (χ0) is 22.6. The zero-order valence-corrected chi connectivity index (χ0v) is 18.7. The van der Waals surface area contributed by atoms with E-state index in [0.717, 1.165) is 24.8 Å². The molecular weight excluding hydrogens is 428 g/mol. The van der Waals surface area contributed by atoms with Crippen molar-refractivity contribution in [1.29, 1.82) is 0 Å². The van der Waals surface area contributed by atoms with Crippen molar-refractivity contribution in [3.63, 3.8) is 0 Å². The molecule has 8 heteroatoms. The van der Waals surface area contributed by atoms with Gasteiger partial charge >= 0.3 is 6.09 Å². The summed E-state index contributed by atoms with van der Waals surface area (Å²) < 4.78 is 30.9. The SMILES string of the molecule is O=C(NC1CCN(C2CCCC2CS(=O)(=O)c2ccccc2)C1=O)OCc1ccccc1. The van der Waals surface area contributed by atoms with Crippen LogP contribution in [0.2, 0.25) is 0 Å². The minimum absolute atomic E-state index is 0.0304. The molecule has 1 N–H and O–H groups in total. The van der Waals surface area contributed by atoms with Gasteiger partial charge < -0.3 is 15.0 Å². The maximum absolute atomic E-state index is 13.0. The monoisotopic (exact) mass is 456 g/mol. The molecule has 0 spiro atoms. The van der Waals surface area contributed by atoms with Crippen LogP contribution in [0.15, 0.2) is 65.6 Å². The highest BCUT2D eigenvalue weighted by molar-refractivity contribution is 7.91. The molecule has 4 rings (SSSR count). The number of carbonyl (C=O) groups excluding carboxylic acids is 2. The van der Waals surface area contributed by atoms with Gasteiger partial charge in [0.05, 0.1) is 10.6 Å². The number of likely N-dealkylation sites (tertiary alicyclic amines) is 1. The molecule has 2 aromatic rings. The van der Waals surface area contributed by atoms with Crippen LogP contribution in [0.1, 0.15) is 31.2 Å². The van der Waals surface area contributed by atoms with Crippen LogP contribution in [0.3, 0.4) is 0 Å². The number of sulfone groups is 1. The molecule has 2 aliphatic rings. The van der Waals surface area contributed by atoms with Gasteiger partial charge in [-0.2, -0.15) is 0 Å². The fourth-order valence-corrected chi connectivity index (χ4v) is 6.42. The molecule has 32 heavy (non-hydrogen) atoms. The third-order valence-electron chi connectivity index (χ3n) is 6.30. The van der Waals surface area contributed by atoms with E-state index in [1.165, 1.54) is 0 Å². The molecule has 2 fully saturated rings. The van der Waals surface area contributed by atoms with E-state index in [1.54, 1.807) is 35.2 Å². The largest absolute Gasteiger partial charge is 0.445 e. The van der Waals surface area contributed by atoms with Gasteiger partial charge in [0.2, 0.25) is 5.91 Å². The number of benzene rings is 2. The molecule has 1 aliphatic carbocycles. The Morgan fingerprint density at radius 3 is 2.41 bits per heavy atom. The second-order valence-corrected chi connectivity index (χ2v) is 10.5. The third kappa shape index (κ3) is 5.12. The lowest BCUT2D eigenvalue weighted by Crippen LogP contribution is -2.46. The van der Waals surface area contributed by atoms with Crippen molar-refractivity contribution in [2.24, 2.45) is 5.92 Å². The molecule has 2 aromatic carbocycles. The van der Waals surface area contributed by atoms with Crippen molar-refractivity contribution < 1.29 is 22.7 Å². The smallest absolute Gasteiger partial charge is 0.408 e. The number of hydrogen-bond acceptors (Lipinski definition) is 5. The van der Waals surface area contributed by atoms with Gasteiger partial charge in [-0.05, 0) is 42.9 Å². The van der Waals surface area contributed by atoms with E-state index >= 15 is 0 Å². The van der Waals surface area contributed by atoms with Crippen LogP contribution < -0.4 is 5.32 Å². The van der Waals surface area contributed by atoms with Gasteiger partial charge in [0.15, 0.2) is 9.84 Å². The van der Waals surface area contributed by atoms with Crippen LogP contribution in [0.5, 0.6) is 0 Å². The number of hydrogen-bond donors (Lipinski definition) is 1. The molecule has 3 atom stereocenters. The van der Waals surface area contributed by atoms with Gasteiger partial charge in [0.25, 0.3) is 0 Å². The molecule has 1 heterocycles. The van der Waals surface area contributed by atoms with Crippen molar-refractivity contribution >= 4 is 21.8 Å². The van der Waals surface area contributed by atoms with Crippen LogP contribution in [0, 0.1) is 5.92 Å². The second-order valence-electron chi connectivity index (χ2n) is 8.43. The Hall–Kier alpha value is -2.87. The van der Waals surface area contributed by atoms with E-state index < -0.39 is 22.0 Å². The minimum Gasteiger partial charge on any atom is -0.445 e. The van der Waals surface area contributed by atoms with Crippen molar-refractivity contribution in [3.05, 3.63) is 66.2 Å². The standard InChI is InChI=1S/C24H28N2O5S/c27-23-21(25-24(28)31-16-18-8-3-1-4-9-18)14-15-26(23)22-13-7-10-19(22)17-32(29,30)20-11-5-2-6-12-20/h1-6,8-9,11-12,19,21-22H,7,10,13-17H2,(H,25,28). The van der Waals surface area contributed by atoms with Crippen LogP contribution in [-0.2, 0) is 26.0 Å². The van der Waals surface area contributed by atoms with Gasteiger partial charge in [-0.25, -0.2) is 13.2 Å². The number of alkyl carbamates (subject to hydrolysis) is 1. The van der Waals surface area contributed by atoms with E-state index in [-0.39, 0.29) is 30.2 Å². The quantitative estimate of drug-likeness (QED) is 0.691. The Bertz CT molecular complexity index is 1040. The average molecular weight is 457 g/mol. The number of rotatable bonds is 7. The fourth-order valence-electron chi connectivity index (χ4n) is 4.70. The Morgan fingerprint density at radius 1 is 1.00 bits per heavy atom. The van der Waals surface area contributed by atoms with Crippen molar-refractivity contribution in [1.82, 2.24) is 10.2 Å². The topological polar surface area (TPSA) is 92.8 Å². The summed E-state index contributed by atoms with van der Waals surface area (Å²) in [7, 11) is -3.42. The van der Waals surface area contributed by atoms with E-state index in [4.69, 9.17) is 4.74 Å². The summed E-state index contributed by atoms with van der Waals surface area (Å²) in [6.07, 6.45) is 2.32. The number of ether oxygens (including phenoxy) is 1. The first-order chi connectivity index (χ1) is 15.4. The Morgan fingerprint density at radius 2 is 1.69 bits per heavy atom. The maximum atomic E-state index is 13.0. The molecule has 1 aliphatic heterocycles. The van der Waals surface area contributed by atoms with Crippen LogP contribution >= 0.6 is 0 Å². The minimum atomic E-state index is -3.42. The summed E-state index contributed by atoms with van der Waals surface area (Å²) >= 11 is 0. The van der Waals surface area contributed by atoms with Gasteiger partial charge in [0.1, 0.15) is 12.6 Å². The normalized spacial score (nSPS) is 23.3. The molecule has 0 radical (unpaired) electrons. The van der Waals surface area contributed by atoms with Crippen LogP contribution in [0.25, 0.3) is 0 Å². The molecular formula is C24H28N2O5S. The summed E-state index contributed by atoms with van der Waals surface area (Å²) in [5.74, 6) is -0.230. The zero-order valence-electron chi connectivity index (χ0n) is 17.9. The van der Waals surface area contributed by atoms with Crippen molar-refractivity contribution in [2.45, 2.75) is 49.3 Å². The predicted molar refractivity (Wildman–Crippen MR) is 120 cm³/mol. The van der Waals surface area contributed by atoms with E-state index in [1.807, 2.05) is 30.3 Å². The Balaban J connectivity index is 1.34. The number of amides is 2. The summed E-state index contributed by atoms with van der Waals surface area (Å²) in [6, 6.07) is 17.0. The summed E-state index contributed by atoms with van der Waals surface area (Å²) in [4.78, 5) is 27.2. The number of nitrogens with zero attached hydrogens (tertiary/aromatic N) is 1. The lowest BCUT2D eigenvalue weighted by atomic mass is 10.0. The molecule has 1 saturated heterocycles. The lowest BCUT2D eigenvalue weighted by molar-refractivity contribution is -0.131. The van der Waals surface area contributed by atoms with Gasteiger partial charge in [0, 0.05) is 12.6 Å².